The molecule has 4 heteroatoms. The number of ether oxygens (including phenoxy) is 1. The molecule has 0 atom stereocenters. The van der Waals surface area contributed by atoms with Gasteiger partial charge in [0, 0.05) is 17.6 Å². The molecular weight excluding hydrogens is 354 g/mol. The van der Waals surface area contributed by atoms with E-state index in [4.69, 9.17) is 4.74 Å². The third-order valence-corrected chi connectivity index (χ3v) is 5.31. The Morgan fingerprint density at radius 2 is 1.87 bits per heavy atom. The molecule has 0 saturated carbocycles. The molecule has 2 rings (SSSR count). The molecule has 23 heavy (non-hydrogen) atoms. The van der Waals surface area contributed by atoms with Crippen molar-refractivity contribution in [3.05, 3.63) is 38.9 Å². The predicted octanol–water partition coefficient (Wildman–Crippen LogP) is 5.40. The molecule has 0 aliphatic carbocycles. The van der Waals surface area contributed by atoms with Gasteiger partial charge in [-0.05, 0) is 91.7 Å². The number of benzene rings is 1. The van der Waals surface area contributed by atoms with E-state index in [2.05, 4.69) is 48.8 Å². The lowest BCUT2D eigenvalue weighted by Gasteiger charge is -2.30. The summed E-state index contributed by atoms with van der Waals surface area (Å²) in [6.07, 6.45) is 2.75. The number of carbonyl (C=O) groups excluding carboxylic acids is 1. The maximum Gasteiger partial charge on any atom is 0.410 e. The SMILES string of the molecule is Cc1cc(C2=CCN(C(=O)OC(C)(C)C)CC2)c(Br)c(C)c1C. The van der Waals surface area contributed by atoms with Crippen LogP contribution in [0.25, 0.3) is 5.57 Å². The number of nitrogens with zero attached hydrogens (tertiary/aromatic N) is 1. The van der Waals surface area contributed by atoms with Gasteiger partial charge in [0.05, 0.1) is 0 Å². The molecule has 0 saturated heterocycles. The van der Waals surface area contributed by atoms with Crippen molar-refractivity contribution in [1.82, 2.24) is 4.90 Å². The normalized spacial score (nSPS) is 15.4. The van der Waals surface area contributed by atoms with E-state index >= 15 is 0 Å². The van der Waals surface area contributed by atoms with Crippen molar-refractivity contribution >= 4 is 27.6 Å². The molecule has 0 fully saturated rings. The summed E-state index contributed by atoms with van der Waals surface area (Å²) < 4.78 is 6.61. The molecule has 0 spiro atoms. The average molecular weight is 380 g/mol. The number of rotatable bonds is 1. The highest BCUT2D eigenvalue weighted by Crippen LogP contribution is 2.34. The standard InChI is InChI=1S/C19H26BrNO2/c1-12-11-16(17(20)14(3)13(12)2)15-7-9-21(10-8-15)18(22)23-19(4,5)6/h7,11H,8-10H2,1-6H3. The van der Waals surface area contributed by atoms with Gasteiger partial charge in [0.25, 0.3) is 0 Å². The summed E-state index contributed by atoms with van der Waals surface area (Å²) in [5.41, 5.74) is 6.01. The van der Waals surface area contributed by atoms with Gasteiger partial charge in [0.1, 0.15) is 5.60 Å². The van der Waals surface area contributed by atoms with Crippen molar-refractivity contribution in [1.29, 1.82) is 0 Å². The molecule has 0 N–H and O–H groups in total. The number of amides is 1. The van der Waals surface area contributed by atoms with Gasteiger partial charge in [-0.1, -0.05) is 12.1 Å². The quantitative estimate of drug-likeness (QED) is 0.653. The van der Waals surface area contributed by atoms with E-state index in [1.54, 1.807) is 4.90 Å². The highest BCUT2D eigenvalue weighted by Gasteiger charge is 2.24. The molecule has 1 aliphatic rings. The van der Waals surface area contributed by atoms with Crippen molar-refractivity contribution < 1.29 is 9.53 Å². The first kappa shape index (κ1) is 18.1. The molecule has 1 aromatic rings. The van der Waals surface area contributed by atoms with Gasteiger partial charge in [-0.3, -0.25) is 0 Å². The highest BCUT2D eigenvalue weighted by molar-refractivity contribution is 9.10. The number of hydrogen-bond acceptors (Lipinski definition) is 2. The lowest BCUT2D eigenvalue weighted by Crippen LogP contribution is -2.39. The van der Waals surface area contributed by atoms with Gasteiger partial charge >= 0.3 is 6.09 Å². The number of aryl methyl sites for hydroxylation is 1. The third kappa shape index (κ3) is 4.17. The molecule has 1 heterocycles. The Bertz CT molecular complexity index is 656. The second-order valence-electron chi connectivity index (χ2n) is 7.21. The Kier molecular flexibility index (Phi) is 5.24. The molecule has 126 valence electrons. The topological polar surface area (TPSA) is 29.5 Å². The zero-order valence-electron chi connectivity index (χ0n) is 14.9. The van der Waals surface area contributed by atoms with E-state index in [1.807, 2.05) is 20.8 Å². The van der Waals surface area contributed by atoms with Crippen LogP contribution in [0.5, 0.6) is 0 Å². The smallest absolute Gasteiger partial charge is 0.410 e. The van der Waals surface area contributed by atoms with Crippen LogP contribution < -0.4 is 0 Å². The number of halogens is 1. The Morgan fingerprint density at radius 1 is 1.22 bits per heavy atom. The Hall–Kier alpha value is -1.29. The predicted molar refractivity (Wildman–Crippen MR) is 98.8 cm³/mol. The maximum absolute atomic E-state index is 12.1. The molecule has 0 unspecified atom stereocenters. The minimum Gasteiger partial charge on any atom is -0.444 e. The monoisotopic (exact) mass is 379 g/mol. The summed E-state index contributed by atoms with van der Waals surface area (Å²) >= 11 is 3.74. The maximum atomic E-state index is 12.1. The first-order chi connectivity index (χ1) is 10.6. The van der Waals surface area contributed by atoms with Gasteiger partial charge < -0.3 is 9.64 Å². The van der Waals surface area contributed by atoms with Crippen molar-refractivity contribution in [3.8, 4) is 0 Å². The van der Waals surface area contributed by atoms with Crippen molar-refractivity contribution in [2.24, 2.45) is 0 Å². The van der Waals surface area contributed by atoms with Crippen LogP contribution in [0, 0.1) is 20.8 Å². The summed E-state index contributed by atoms with van der Waals surface area (Å²) in [6.45, 7) is 13.4. The van der Waals surface area contributed by atoms with Gasteiger partial charge in [0.2, 0.25) is 0 Å². The zero-order chi connectivity index (χ0) is 17.4. The molecule has 1 aromatic carbocycles. The number of carbonyl (C=O) groups is 1. The molecule has 0 radical (unpaired) electrons. The van der Waals surface area contributed by atoms with Crippen LogP contribution >= 0.6 is 15.9 Å². The van der Waals surface area contributed by atoms with Gasteiger partial charge in [0.15, 0.2) is 0 Å². The Balaban J connectivity index is 2.19. The summed E-state index contributed by atoms with van der Waals surface area (Å²) in [7, 11) is 0. The minimum absolute atomic E-state index is 0.233. The van der Waals surface area contributed by atoms with Crippen molar-refractivity contribution in [3.63, 3.8) is 0 Å². The third-order valence-electron chi connectivity index (χ3n) is 4.29. The fourth-order valence-corrected chi connectivity index (χ4v) is 3.36. The van der Waals surface area contributed by atoms with Gasteiger partial charge in [-0.15, -0.1) is 0 Å². The molecular formula is C19H26BrNO2. The first-order valence-corrected chi connectivity index (χ1v) is 8.83. The summed E-state index contributed by atoms with van der Waals surface area (Å²) in [5, 5.41) is 0. The summed E-state index contributed by atoms with van der Waals surface area (Å²) in [5.74, 6) is 0. The van der Waals surface area contributed by atoms with Crippen molar-refractivity contribution in [2.45, 2.75) is 53.6 Å². The Labute approximate surface area is 147 Å². The fourth-order valence-electron chi connectivity index (χ4n) is 2.69. The highest BCUT2D eigenvalue weighted by atomic mass is 79.9. The van der Waals surface area contributed by atoms with Crippen LogP contribution in [-0.2, 0) is 4.74 Å². The van der Waals surface area contributed by atoms with Crippen LogP contribution in [0.3, 0.4) is 0 Å². The van der Waals surface area contributed by atoms with E-state index in [1.165, 1.54) is 27.8 Å². The second kappa shape index (κ2) is 6.68. The summed E-state index contributed by atoms with van der Waals surface area (Å²) in [6, 6.07) is 2.24. The lowest BCUT2D eigenvalue weighted by molar-refractivity contribution is 0.0270. The average Bonchev–Trinajstić information content (AvgIpc) is 2.47. The lowest BCUT2D eigenvalue weighted by atomic mass is 9.93. The van der Waals surface area contributed by atoms with Gasteiger partial charge in [-0.2, -0.15) is 0 Å². The van der Waals surface area contributed by atoms with E-state index in [9.17, 15) is 4.79 Å². The van der Waals surface area contributed by atoms with Crippen LogP contribution in [0.1, 0.15) is 49.4 Å². The second-order valence-corrected chi connectivity index (χ2v) is 8.00. The molecule has 1 amide bonds. The Morgan fingerprint density at radius 3 is 2.39 bits per heavy atom. The minimum atomic E-state index is -0.449. The van der Waals surface area contributed by atoms with Crippen molar-refractivity contribution in [2.75, 3.05) is 13.1 Å². The largest absolute Gasteiger partial charge is 0.444 e. The van der Waals surface area contributed by atoms with E-state index < -0.39 is 5.60 Å². The van der Waals surface area contributed by atoms with Gasteiger partial charge in [-0.25, -0.2) is 4.79 Å². The van der Waals surface area contributed by atoms with Crippen LogP contribution in [-0.4, -0.2) is 29.7 Å². The first-order valence-electron chi connectivity index (χ1n) is 8.04. The van der Waals surface area contributed by atoms with Crippen LogP contribution in [0.2, 0.25) is 0 Å². The zero-order valence-corrected chi connectivity index (χ0v) is 16.5. The van der Waals surface area contributed by atoms with E-state index in [-0.39, 0.29) is 6.09 Å². The molecule has 0 bridgehead atoms. The van der Waals surface area contributed by atoms with E-state index in [0.717, 1.165) is 10.9 Å². The molecule has 1 aliphatic heterocycles. The van der Waals surface area contributed by atoms with E-state index in [0.29, 0.717) is 13.1 Å². The summed E-state index contributed by atoms with van der Waals surface area (Å²) in [4.78, 5) is 13.9. The molecule has 3 nitrogen and oxygen atoms in total. The van der Waals surface area contributed by atoms with Crippen LogP contribution in [0.4, 0.5) is 4.79 Å². The van der Waals surface area contributed by atoms with Crippen LogP contribution in [0.15, 0.2) is 16.6 Å². The number of hydrogen-bond donors (Lipinski definition) is 0. The fraction of sp³-hybridized carbons (Fsp3) is 0.526. The molecule has 0 aromatic heterocycles.